The van der Waals surface area contributed by atoms with Crippen molar-refractivity contribution < 1.29 is 23.0 Å². The Balaban J connectivity index is 0.00000208. The van der Waals surface area contributed by atoms with Crippen LogP contribution in [0.25, 0.3) is 0 Å². The summed E-state index contributed by atoms with van der Waals surface area (Å²) in [4.78, 5) is 12.5. The number of ether oxygens (including phenoxy) is 2. The van der Waals surface area contributed by atoms with Crippen LogP contribution in [0.3, 0.4) is 0 Å². The van der Waals surface area contributed by atoms with E-state index < -0.39 is 6.61 Å². The number of hydrogen-bond donors (Lipinski definition) is 2. The predicted molar refractivity (Wildman–Crippen MR) is 88.1 cm³/mol. The average molecular weight is 363 g/mol. The van der Waals surface area contributed by atoms with Crippen LogP contribution in [0.5, 0.6) is 11.5 Å². The lowest BCUT2D eigenvalue weighted by Crippen LogP contribution is -2.31. The Bertz CT molecular complexity index is 595. The molecular weight excluding hydrogens is 342 g/mol. The number of alkyl halides is 2. The van der Waals surface area contributed by atoms with Crippen molar-refractivity contribution in [3.63, 3.8) is 0 Å². The molecule has 2 N–H and O–H groups in total. The van der Waals surface area contributed by atoms with Gasteiger partial charge in [0.15, 0.2) is 0 Å². The van der Waals surface area contributed by atoms with Crippen LogP contribution in [0, 0.1) is 11.3 Å². The predicted octanol–water partition coefficient (Wildman–Crippen LogP) is 3.05. The first kappa shape index (κ1) is 18.7. The number of amides is 1. The van der Waals surface area contributed by atoms with Crippen molar-refractivity contribution in [2.24, 2.45) is 11.3 Å². The first-order chi connectivity index (χ1) is 11.0. The monoisotopic (exact) mass is 362 g/mol. The van der Waals surface area contributed by atoms with E-state index in [9.17, 15) is 13.6 Å². The minimum absolute atomic E-state index is 0. The lowest BCUT2D eigenvalue weighted by Gasteiger charge is -2.23. The van der Waals surface area contributed by atoms with Gasteiger partial charge in [-0.2, -0.15) is 8.78 Å². The van der Waals surface area contributed by atoms with E-state index in [4.69, 9.17) is 4.74 Å². The zero-order chi connectivity index (χ0) is 16.4. The van der Waals surface area contributed by atoms with E-state index in [1.807, 2.05) is 0 Å². The van der Waals surface area contributed by atoms with Crippen LogP contribution in [0.4, 0.5) is 14.5 Å². The summed E-state index contributed by atoms with van der Waals surface area (Å²) in [5.41, 5.74) is 0.295. The Labute approximate surface area is 145 Å². The minimum atomic E-state index is -2.95. The molecule has 0 bridgehead atoms. The normalized spacial score (nSPS) is 21.1. The van der Waals surface area contributed by atoms with Crippen LogP contribution in [0.1, 0.15) is 19.3 Å². The second-order valence-corrected chi connectivity index (χ2v) is 6.10. The number of carbonyl (C=O) groups excluding carboxylic acids is 1. The van der Waals surface area contributed by atoms with Crippen molar-refractivity contribution >= 4 is 24.0 Å². The Morgan fingerprint density at radius 1 is 1.38 bits per heavy atom. The zero-order valence-corrected chi connectivity index (χ0v) is 14.1. The van der Waals surface area contributed by atoms with Gasteiger partial charge in [0, 0.05) is 12.0 Å². The number of rotatable bonds is 5. The third-order valence-corrected chi connectivity index (χ3v) is 4.77. The molecule has 8 heteroatoms. The highest BCUT2D eigenvalue weighted by Gasteiger charge is 2.57. The van der Waals surface area contributed by atoms with Crippen LogP contribution >= 0.6 is 12.4 Å². The summed E-state index contributed by atoms with van der Waals surface area (Å²) < 4.78 is 34.6. The molecule has 1 saturated heterocycles. The molecule has 134 valence electrons. The van der Waals surface area contributed by atoms with Gasteiger partial charge in [0.25, 0.3) is 0 Å². The molecule has 2 aliphatic rings. The quantitative estimate of drug-likeness (QED) is 0.845. The number of nitrogens with one attached hydrogen (secondary N) is 2. The van der Waals surface area contributed by atoms with Gasteiger partial charge in [0.05, 0.1) is 12.8 Å². The lowest BCUT2D eigenvalue weighted by molar-refractivity contribution is -0.118. The molecule has 1 spiro atoms. The molecule has 0 aromatic heterocycles. The number of halogens is 3. The first-order valence-corrected chi connectivity index (χ1v) is 7.68. The Hall–Kier alpha value is -1.60. The summed E-state index contributed by atoms with van der Waals surface area (Å²) >= 11 is 0. The molecule has 1 atom stereocenters. The van der Waals surface area contributed by atoms with Crippen LogP contribution < -0.4 is 20.1 Å². The Morgan fingerprint density at radius 2 is 2.08 bits per heavy atom. The molecule has 1 amide bonds. The van der Waals surface area contributed by atoms with E-state index in [-0.39, 0.29) is 41.1 Å². The van der Waals surface area contributed by atoms with E-state index in [0.717, 1.165) is 32.4 Å². The minimum Gasteiger partial charge on any atom is -0.497 e. The molecule has 2 fully saturated rings. The van der Waals surface area contributed by atoms with Crippen LogP contribution in [0.2, 0.25) is 0 Å². The maximum Gasteiger partial charge on any atom is 0.387 e. The SMILES string of the molecule is COc1ccc(OC(F)F)c(NC(=O)C2CC23CCNCC3)c1.Cl. The summed E-state index contributed by atoms with van der Waals surface area (Å²) in [6.07, 6.45) is 2.81. The topological polar surface area (TPSA) is 59.6 Å². The molecule has 1 aliphatic heterocycles. The lowest BCUT2D eigenvalue weighted by atomic mass is 9.92. The molecular formula is C16H21ClF2N2O3. The van der Waals surface area contributed by atoms with Gasteiger partial charge < -0.3 is 20.1 Å². The second-order valence-electron chi connectivity index (χ2n) is 6.10. The summed E-state index contributed by atoms with van der Waals surface area (Å²) in [6.45, 7) is -1.11. The molecule has 1 aromatic rings. The average Bonchev–Trinajstić information content (AvgIpc) is 3.22. The smallest absolute Gasteiger partial charge is 0.387 e. The number of methoxy groups -OCH3 is 1. The van der Waals surface area contributed by atoms with Gasteiger partial charge in [-0.3, -0.25) is 4.79 Å². The van der Waals surface area contributed by atoms with Gasteiger partial charge in [-0.05, 0) is 49.9 Å². The van der Waals surface area contributed by atoms with E-state index in [1.165, 1.54) is 25.3 Å². The third kappa shape index (κ3) is 3.89. The van der Waals surface area contributed by atoms with Gasteiger partial charge in [0.1, 0.15) is 11.5 Å². The largest absolute Gasteiger partial charge is 0.497 e. The van der Waals surface area contributed by atoms with E-state index >= 15 is 0 Å². The highest BCUT2D eigenvalue weighted by atomic mass is 35.5. The van der Waals surface area contributed by atoms with E-state index in [0.29, 0.717) is 5.75 Å². The maximum atomic E-state index is 12.5. The summed E-state index contributed by atoms with van der Waals surface area (Å²) in [7, 11) is 1.47. The number of carbonyl (C=O) groups is 1. The molecule has 1 saturated carbocycles. The van der Waals surface area contributed by atoms with Crippen molar-refractivity contribution in [2.75, 3.05) is 25.5 Å². The number of anilines is 1. The fraction of sp³-hybridized carbons (Fsp3) is 0.562. The van der Waals surface area contributed by atoms with Crippen molar-refractivity contribution in [1.82, 2.24) is 5.32 Å². The molecule has 0 radical (unpaired) electrons. The molecule has 5 nitrogen and oxygen atoms in total. The zero-order valence-electron chi connectivity index (χ0n) is 13.3. The second kappa shape index (κ2) is 7.53. The fourth-order valence-corrected chi connectivity index (χ4v) is 3.35. The fourth-order valence-electron chi connectivity index (χ4n) is 3.35. The summed E-state index contributed by atoms with van der Waals surface area (Å²) in [5.74, 6) is 0.206. The number of piperidine rings is 1. The molecule has 1 unspecified atom stereocenters. The Morgan fingerprint density at radius 3 is 2.71 bits per heavy atom. The standard InChI is InChI=1S/C16H20F2N2O3.ClH/c1-22-10-2-3-13(23-15(17)18)12(8-10)20-14(21)11-9-16(11)4-6-19-7-5-16;/h2-3,8,11,15,19H,4-7,9H2,1H3,(H,20,21);1H. The third-order valence-electron chi connectivity index (χ3n) is 4.77. The highest BCUT2D eigenvalue weighted by molar-refractivity contribution is 5.96. The number of benzene rings is 1. The summed E-state index contributed by atoms with van der Waals surface area (Å²) in [6, 6.07) is 4.37. The van der Waals surface area contributed by atoms with Crippen molar-refractivity contribution in [3.05, 3.63) is 18.2 Å². The van der Waals surface area contributed by atoms with Gasteiger partial charge in [0.2, 0.25) is 5.91 Å². The first-order valence-electron chi connectivity index (χ1n) is 7.68. The van der Waals surface area contributed by atoms with Crippen LogP contribution in [0.15, 0.2) is 18.2 Å². The van der Waals surface area contributed by atoms with Crippen molar-refractivity contribution in [1.29, 1.82) is 0 Å². The van der Waals surface area contributed by atoms with E-state index in [1.54, 1.807) is 0 Å². The van der Waals surface area contributed by atoms with Crippen LogP contribution in [-0.4, -0.2) is 32.7 Å². The van der Waals surface area contributed by atoms with Crippen molar-refractivity contribution in [2.45, 2.75) is 25.9 Å². The summed E-state index contributed by atoms with van der Waals surface area (Å²) in [5, 5.41) is 6.01. The van der Waals surface area contributed by atoms with Crippen molar-refractivity contribution in [3.8, 4) is 11.5 Å². The number of hydrogen-bond acceptors (Lipinski definition) is 4. The van der Waals surface area contributed by atoms with E-state index in [2.05, 4.69) is 15.4 Å². The maximum absolute atomic E-state index is 12.5. The molecule has 1 heterocycles. The highest BCUT2D eigenvalue weighted by Crippen LogP contribution is 2.58. The van der Waals surface area contributed by atoms with Gasteiger partial charge in [-0.15, -0.1) is 12.4 Å². The molecule has 1 aliphatic carbocycles. The van der Waals surface area contributed by atoms with Gasteiger partial charge in [-0.25, -0.2) is 0 Å². The molecule has 3 rings (SSSR count). The van der Waals surface area contributed by atoms with Gasteiger partial charge >= 0.3 is 6.61 Å². The molecule has 1 aromatic carbocycles. The molecule has 24 heavy (non-hydrogen) atoms. The Kier molecular flexibility index (Phi) is 5.87. The van der Waals surface area contributed by atoms with Gasteiger partial charge in [-0.1, -0.05) is 0 Å². The van der Waals surface area contributed by atoms with Crippen LogP contribution in [-0.2, 0) is 4.79 Å².